The molecule has 5 heteroatoms. The highest BCUT2D eigenvalue weighted by molar-refractivity contribution is 5.97. The minimum absolute atomic E-state index is 0.124. The van der Waals surface area contributed by atoms with Crippen molar-refractivity contribution < 1.29 is 14.3 Å². The number of carbonyl (C=O) groups is 2. The van der Waals surface area contributed by atoms with Gasteiger partial charge in [-0.15, -0.1) is 0 Å². The van der Waals surface area contributed by atoms with Crippen molar-refractivity contribution in [3.63, 3.8) is 0 Å². The van der Waals surface area contributed by atoms with Gasteiger partial charge in [-0.05, 0) is 38.3 Å². The van der Waals surface area contributed by atoms with Gasteiger partial charge in [0, 0.05) is 18.8 Å². The van der Waals surface area contributed by atoms with E-state index in [4.69, 9.17) is 10.5 Å². The molecule has 0 spiro atoms. The molecule has 2 rings (SSSR count). The first-order chi connectivity index (χ1) is 10.5. The predicted molar refractivity (Wildman–Crippen MR) is 85.5 cm³/mol. The molecule has 0 saturated carbocycles. The fraction of sp³-hybridized carbons (Fsp3) is 0.529. The largest absolute Gasteiger partial charge is 0.449 e. The van der Waals surface area contributed by atoms with Gasteiger partial charge >= 0.3 is 5.97 Å². The van der Waals surface area contributed by atoms with E-state index in [1.165, 1.54) is 0 Å². The molecule has 1 aromatic rings. The zero-order chi connectivity index (χ0) is 16.1. The van der Waals surface area contributed by atoms with Crippen LogP contribution in [0.4, 0.5) is 5.69 Å². The fourth-order valence-electron chi connectivity index (χ4n) is 2.68. The molecular weight excluding hydrogens is 280 g/mol. The minimum Gasteiger partial charge on any atom is -0.449 e. The highest BCUT2D eigenvalue weighted by atomic mass is 16.5. The molecule has 1 aromatic carbocycles. The van der Waals surface area contributed by atoms with Crippen LogP contribution >= 0.6 is 0 Å². The minimum atomic E-state index is -0.787. The van der Waals surface area contributed by atoms with Gasteiger partial charge in [-0.25, -0.2) is 4.79 Å². The summed E-state index contributed by atoms with van der Waals surface area (Å²) in [5, 5.41) is 0. The molecule has 0 bridgehead atoms. The van der Waals surface area contributed by atoms with Crippen molar-refractivity contribution in [3.8, 4) is 0 Å². The van der Waals surface area contributed by atoms with Crippen molar-refractivity contribution >= 4 is 17.6 Å². The third-order valence-electron chi connectivity index (χ3n) is 4.09. The second-order valence-corrected chi connectivity index (χ2v) is 5.82. The number of rotatable bonds is 3. The van der Waals surface area contributed by atoms with Gasteiger partial charge in [0.1, 0.15) is 0 Å². The van der Waals surface area contributed by atoms with Crippen molar-refractivity contribution in [1.82, 2.24) is 4.90 Å². The summed E-state index contributed by atoms with van der Waals surface area (Å²) >= 11 is 0. The molecule has 1 fully saturated rings. The highest BCUT2D eigenvalue weighted by Crippen LogP contribution is 2.19. The lowest BCUT2D eigenvalue weighted by atomic mass is 10.1. The molecular formula is C17H24N2O3. The fourth-order valence-corrected chi connectivity index (χ4v) is 2.68. The van der Waals surface area contributed by atoms with Gasteiger partial charge in [0.25, 0.3) is 5.91 Å². The van der Waals surface area contributed by atoms with Crippen molar-refractivity contribution in [3.05, 3.63) is 29.3 Å². The van der Waals surface area contributed by atoms with Gasteiger partial charge < -0.3 is 15.4 Å². The third-order valence-corrected chi connectivity index (χ3v) is 4.09. The Morgan fingerprint density at radius 3 is 2.45 bits per heavy atom. The van der Waals surface area contributed by atoms with Crippen LogP contribution in [0.3, 0.4) is 0 Å². The third kappa shape index (κ3) is 3.78. The number of nitrogen functional groups attached to an aromatic ring is 1. The van der Waals surface area contributed by atoms with Crippen LogP contribution in [-0.4, -0.2) is 36.0 Å². The number of nitrogens with zero attached hydrogens (tertiary/aromatic N) is 1. The van der Waals surface area contributed by atoms with E-state index in [1.807, 2.05) is 13.0 Å². The summed E-state index contributed by atoms with van der Waals surface area (Å²) in [6.45, 7) is 4.94. The Bertz CT molecular complexity index is 549. The lowest BCUT2D eigenvalue weighted by molar-refractivity contribution is -0.139. The van der Waals surface area contributed by atoms with Gasteiger partial charge in [0.2, 0.25) is 0 Å². The number of nitrogens with two attached hydrogens (primary N) is 1. The van der Waals surface area contributed by atoms with E-state index in [2.05, 4.69) is 0 Å². The second-order valence-electron chi connectivity index (χ2n) is 5.82. The number of esters is 1. The monoisotopic (exact) mass is 304 g/mol. The SMILES string of the molecule is Cc1cccc(C(=O)O[C@@H](C)C(=O)N2CCCCCC2)c1N. The Morgan fingerprint density at radius 1 is 1.18 bits per heavy atom. The first-order valence-electron chi connectivity index (χ1n) is 7.85. The number of hydrogen-bond acceptors (Lipinski definition) is 4. The zero-order valence-corrected chi connectivity index (χ0v) is 13.3. The maximum absolute atomic E-state index is 12.4. The van der Waals surface area contributed by atoms with Crippen molar-refractivity contribution in [2.75, 3.05) is 18.8 Å². The van der Waals surface area contributed by atoms with E-state index >= 15 is 0 Å². The van der Waals surface area contributed by atoms with Crippen molar-refractivity contribution in [2.24, 2.45) is 0 Å². The molecule has 5 nitrogen and oxygen atoms in total. The van der Waals surface area contributed by atoms with E-state index in [0.29, 0.717) is 11.3 Å². The quantitative estimate of drug-likeness (QED) is 0.688. The molecule has 2 N–H and O–H groups in total. The zero-order valence-electron chi connectivity index (χ0n) is 13.3. The van der Waals surface area contributed by atoms with Crippen LogP contribution in [0.5, 0.6) is 0 Å². The molecule has 0 aromatic heterocycles. The Morgan fingerprint density at radius 2 is 1.82 bits per heavy atom. The summed E-state index contributed by atoms with van der Waals surface area (Å²) in [6, 6.07) is 5.20. The van der Waals surface area contributed by atoms with Crippen LogP contribution in [-0.2, 0) is 9.53 Å². The molecule has 1 aliphatic rings. The first-order valence-corrected chi connectivity index (χ1v) is 7.85. The second kappa shape index (κ2) is 7.29. The number of benzene rings is 1. The molecule has 22 heavy (non-hydrogen) atoms. The molecule has 1 aliphatic heterocycles. The maximum Gasteiger partial charge on any atom is 0.341 e. The Hall–Kier alpha value is -2.04. The smallest absolute Gasteiger partial charge is 0.341 e. The topological polar surface area (TPSA) is 72.6 Å². The Kier molecular flexibility index (Phi) is 5.41. The van der Waals surface area contributed by atoms with Gasteiger partial charge in [0.15, 0.2) is 6.10 Å². The predicted octanol–water partition coefficient (Wildman–Crippen LogP) is 2.53. The van der Waals surface area contributed by atoms with Crippen LogP contribution in [0.2, 0.25) is 0 Å². The number of likely N-dealkylation sites (tertiary alicyclic amines) is 1. The Labute approximate surface area is 131 Å². The van der Waals surface area contributed by atoms with Gasteiger partial charge in [-0.2, -0.15) is 0 Å². The van der Waals surface area contributed by atoms with Crippen LogP contribution in [0.1, 0.15) is 48.5 Å². The maximum atomic E-state index is 12.4. The van der Waals surface area contributed by atoms with Gasteiger partial charge in [-0.1, -0.05) is 25.0 Å². The van der Waals surface area contributed by atoms with E-state index in [1.54, 1.807) is 24.0 Å². The first kappa shape index (κ1) is 16.3. The number of aryl methyl sites for hydroxylation is 1. The molecule has 0 radical (unpaired) electrons. The van der Waals surface area contributed by atoms with Crippen LogP contribution in [0, 0.1) is 6.92 Å². The van der Waals surface area contributed by atoms with Crippen LogP contribution in [0.15, 0.2) is 18.2 Å². The van der Waals surface area contributed by atoms with E-state index in [0.717, 1.165) is 44.3 Å². The molecule has 1 heterocycles. The number of hydrogen-bond donors (Lipinski definition) is 1. The average molecular weight is 304 g/mol. The number of carbonyl (C=O) groups excluding carboxylic acids is 2. The summed E-state index contributed by atoms with van der Waals surface area (Å²) in [6.07, 6.45) is 3.54. The number of amides is 1. The summed E-state index contributed by atoms with van der Waals surface area (Å²) in [5.74, 6) is -0.668. The van der Waals surface area contributed by atoms with Crippen LogP contribution in [0.25, 0.3) is 0 Å². The summed E-state index contributed by atoms with van der Waals surface area (Å²) in [4.78, 5) is 26.4. The summed E-state index contributed by atoms with van der Waals surface area (Å²) in [7, 11) is 0. The molecule has 1 atom stereocenters. The molecule has 120 valence electrons. The number of ether oxygens (including phenoxy) is 1. The summed E-state index contributed by atoms with van der Waals surface area (Å²) < 4.78 is 5.32. The average Bonchev–Trinajstić information content (AvgIpc) is 2.78. The van der Waals surface area contributed by atoms with Crippen LogP contribution < -0.4 is 5.73 Å². The number of para-hydroxylation sites is 1. The molecule has 0 unspecified atom stereocenters. The van der Waals surface area contributed by atoms with Gasteiger partial charge in [0.05, 0.1) is 5.56 Å². The highest BCUT2D eigenvalue weighted by Gasteiger charge is 2.25. The summed E-state index contributed by atoms with van der Waals surface area (Å²) in [5.41, 5.74) is 7.44. The van der Waals surface area contributed by atoms with Gasteiger partial charge in [-0.3, -0.25) is 4.79 Å². The Balaban J connectivity index is 2.01. The van der Waals surface area contributed by atoms with E-state index in [9.17, 15) is 9.59 Å². The molecule has 0 aliphatic carbocycles. The van der Waals surface area contributed by atoms with E-state index in [-0.39, 0.29) is 5.91 Å². The van der Waals surface area contributed by atoms with Crippen molar-refractivity contribution in [1.29, 1.82) is 0 Å². The molecule has 1 saturated heterocycles. The number of anilines is 1. The normalized spacial score (nSPS) is 16.7. The molecule has 1 amide bonds. The lowest BCUT2D eigenvalue weighted by Gasteiger charge is -2.24. The van der Waals surface area contributed by atoms with Crippen molar-refractivity contribution in [2.45, 2.75) is 45.6 Å². The lowest BCUT2D eigenvalue weighted by Crippen LogP contribution is -2.40. The van der Waals surface area contributed by atoms with E-state index < -0.39 is 12.1 Å². The standard InChI is InChI=1S/C17H24N2O3/c1-12-8-7-9-14(15(12)18)17(21)22-13(2)16(20)19-10-5-3-4-6-11-19/h7-9,13H,3-6,10-11,18H2,1-2H3/t13-/m0/s1.